The van der Waals surface area contributed by atoms with E-state index >= 15 is 0 Å². The van der Waals surface area contributed by atoms with Gasteiger partial charge in [0.15, 0.2) is 0 Å². The molecule has 0 saturated heterocycles. The molecule has 0 saturated carbocycles. The van der Waals surface area contributed by atoms with Gasteiger partial charge in [-0.1, -0.05) is 6.92 Å². The van der Waals surface area contributed by atoms with Crippen LogP contribution >= 0.6 is 0 Å². The SMILES string of the molecule is CCNc1cc(=O)[nH]c(CC)n1. The molecule has 1 aromatic heterocycles. The minimum Gasteiger partial charge on any atom is -0.370 e. The lowest BCUT2D eigenvalue weighted by atomic mass is 10.4. The summed E-state index contributed by atoms with van der Waals surface area (Å²) in [4.78, 5) is 17.8. The molecule has 2 N–H and O–H groups in total. The molecule has 0 radical (unpaired) electrons. The number of aryl methyl sites for hydroxylation is 1. The Morgan fingerprint density at radius 3 is 2.92 bits per heavy atom. The summed E-state index contributed by atoms with van der Waals surface area (Å²) in [5.41, 5.74) is -0.0993. The van der Waals surface area contributed by atoms with Crippen molar-refractivity contribution < 1.29 is 0 Å². The van der Waals surface area contributed by atoms with Crippen LogP contribution in [0.25, 0.3) is 0 Å². The molecule has 0 aliphatic heterocycles. The Morgan fingerprint density at radius 2 is 2.33 bits per heavy atom. The highest BCUT2D eigenvalue weighted by Gasteiger charge is 1.96. The van der Waals surface area contributed by atoms with Gasteiger partial charge in [0.05, 0.1) is 0 Å². The van der Waals surface area contributed by atoms with Crippen LogP contribution in [0, 0.1) is 0 Å². The van der Waals surface area contributed by atoms with Crippen molar-refractivity contribution >= 4 is 5.82 Å². The molecule has 0 atom stereocenters. The van der Waals surface area contributed by atoms with E-state index in [0.717, 1.165) is 18.8 Å². The zero-order valence-corrected chi connectivity index (χ0v) is 7.35. The number of nitrogens with one attached hydrogen (secondary N) is 2. The van der Waals surface area contributed by atoms with E-state index in [-0.39, 0.29) is 5.56 Å². The predicted octanol–water partition coefficient (Wildman–Crippen LogP) is 0.764. The third kappa shape index (κ3) is 2.08. The maximum atomic E-state index is 11.0. The summed E-state index contributed by atoms with van der Waals surface area (Å²) in [5.74, 6) is 1.37. The zero-order valence-electron chi connectivity index (χ0n) is 7.35. The molecule has 0 fully saturated rings. The quantitative estimate of drug-likeness (QED) is 0.699. The van der Waals surface area contributed by atoms with Crippen molar-refractivity contribution in [2.24, 2.45) is 0 Å². The summed E-state index contributed by atoms with van der Waals surface area (Å²) in [6.45, 7) is 4.70. The molecule has 66 valence electrons. The molecular formula is C8H13N3O. The molecule has 4 heteroatoms. The number of aromatic amines is 1. The fourth-order valence-corrected chi connectivity index (χ4v) is 0.947. The number of aromatic nitrogens is 2. The van der Waals surface area contributed by atoms with Gasteiger partial charge in [-0.15, -0.1) is 0 Å². The average molecular weight is 167 g/mol. The Hall–Kier alpha value is -1.32. The first-order valence-electron chi connectivity index (χ1n) is 4.10. The number of anilines is 1. The third-order valence-electron chi connectivity index (χ3n) is 1.48. The van der Waals surface area contributed by atoms with Gasteiger partial charge in [0, 0.05) is 19.0 Å². The highest BCUT2D eigenvalue weighted by Crippen LogP contribution is 1.97. The smallest absolute Gasteiger partial charge is 0.252 e. The van der Waals surface area contributed by atoms with Crippen LogP contribution in [0.15, 0.2) is 10.9 Å². The van der Waals surface area contributed by atoms with E-state index in [0.29, 0.717) is 5.82 Å². The Balaban J connectivity index is 2.98. The second kappa shape index (κ2) is 3.90. The molecular weight excluding hydrogens is 154 g/mol. The summed E-state index contributed by atoms with van der Waals surface area (Å²) in [6.07, 6.45) is 0.745. The highest BCUT2D eigenvalue weighted by molar-refractivity contribution is 5.32. The van der Waals surface area contributed by atoms with Crippen molar-refractivity contribution in [3.05, 3.63) is 22.2 Å². The minimum atomic E-state index is -0.0993. The van der Waals surface area contributed by atoms with E-state index in [1.807, 2.05) is 13.8 Å². The van der Waals surface area contributed by atoms with E-state index in [1.54, 1.807) is 0 Å². The Kier molecular flexibility index (Phi) is 2.85. The van der Waals surface area contributed by atoms with Crippen LogP contribution in [0.4, 0.5) is 5.82 Å². The van der Waals surface area contributed by atoms with Crippen molar-refractivity contribution in [1.82, 2.24) is 9.97 Å². The number of H-pyrrole nitrogens is 1. The van der Waals surface area contributed by atoms with Crippen molar-refractivity contribution in [2.45, 2.75) is 20.3 Å². The van der Waals surface area contributed by atoms with E-state index < -0.39 is 0 Å². The first-order valence-corrected chi connectivity index (χ1v) is 4.10. The van der Waals surface area contributed by atoms with Crippen molar-refractivity contribution in [1.29, 1.82) is 0 Å². The van der Waals surface area contributed by atoms with Gasteiger partial charge < -0.3 is 10.3 Å². The van der Waals surface area contributed by atoms with Crippen LogP contribution in [0.5, 0.6) is 0 Å². The maximum absolute atomic E-state index is 11.0. The minimum absolute atomic E-state index is 0.0993. The summed E-state index contributed by atoms with van der Waals surface area (Å²) in [6, 6.07) is 1.46. The lowest BCUT2D eigenvalue weighted by Crippen LogP contribution is -2.12. The molecule has 0 aliphatic rings. The molecule has 0 spiro atoms. The second-order valence-electron chi connectivity index (χ2n) is 2.46. The van der Waals surface area contributed by atoms with Gasteiger partial charge in [-0.2, -0.15) is 0 Å². The number of hydrogen-bond donors (Lipinski definition) is 2. The van der Waals surface area contributed by atoms with E-state index in [4.69, 9.17) is 0 Å². The highest BCUT2D eigenvalue weighted by atomic mass is 16.1. The molecule has 1 aromatic rings. The fraction of sp³-hybridized carbons (Fsp3) is 0.500. The standard InChI is InChI=1S/C8H13N3O/c1-3-6-10-7(9-4-2)5-8(12)11-6/h5H,3-4H2,1-2H3,(H2,9,10,11,12). The molecule has 0 bridgehead atoms. The lowest BCUT2D eigenvalue weighted by molar-refractivity contribution is 0.917. The summed E-state index contributed by atoms with van der Waals surface area (Å²) in [7, 11) is 0. The van der Waals surface area contributed by atoms with Crippen molar-refractivity contribution in [3.8, 4) is 0 Å². The summed E-state index contributed by atoms with van der Waals surface area (Å²) in [5, 5.41) is 2.99. The van der Waals surface area contributed by atoms with Gasteiger partial charge in [0.2, 0.25) is 0 Å². The molecule has 0 amide bonds. The van der Waals surface area contributed by atoms with Gasteiger partial charge in [-0.25, -0.2) is 4.98 Å². The van der Waals surface area contributed by atoms with Gasteiger partial charge in [0.1, 0.15) is 11.6 Å². The van der Waals surface area contributed by atoms with E-state index in [9.17, 15) is 4.79 Å². The first-order chi connectivity index (χ1) is 5.76. The van der Waals surface area contributed by atoms with E-state index in [1.165, 1.54) is 6.07 Å². The van der Waals surface area contributed by atoms with Crippen molar-refractivity contribution in [2.75, 3.05) is 11.9 Å². The van der Waals surface area contributed by atoms with Crippen LogP contribution in [0.2, 0.25) is 0 Å². The topological polar surface area (TPSA) is 57.8 Å². The Labute approximate surface area is 71.0 Å². The summed E-state index contributed by atoms with van der Waals surface area (Å²) < 4.78 is 0. The van der Waals surface area contributed by atoms with Gasteiger partial charge in [-0.05, 0) is 6.92 Å². The van der Waals surface area contributed by atoms with Crippen LogP contribution < -0.4 is 10.9 Å². The van der Waals surface area contributed by atoms with Crippen LogP contribution in [0.3, 0.4) is 0 Å². The number of rotatable bonds is 3. The number of hydrogen-bond acceptors (Lipinski definition) is 3. The summed E-state index contributed by atoms with van der Waals surface area (Å²) >= 11 is 0. The number of nitrogens with zero attached hydrogens (tertiary/aromatic N) is 1. The van der Waals surface area contributed by atoms with Gasteiger partial charge in [0.25, 0.3) is 5.56 Å². The second-order valence-corrected chi connectivity index (χ2v) is 2.46. The third-order valence-corrected chi connectivity index (χ3v) is 1.48. The van der Waals surface area contributed by atoms with Crippen molar-refractivity contribution in [3.63, 3.8) is 0 Å². The van der Waals surface area contributed by atoms with E-state index in [2.05, 4.69) is 15.3 Å². The molecule has 4 nitrogen and oxygen atoms in total. The van der Waals surface area contributed by atoms with Crippen LogP contribution in [0.1, 0.15) is 19.7 Å². The molecule has 1 rings (SSSR count). The first kappa shape index (κ1) is 8.77. The lowest BCUT2D eigenvalue weighted by Gasteiger charge is -2.02. The fourth-order valence-electron chi connectivity index (χ4n) is 0.947. The Morgan fingerprint density at radius 1 is 1.58 bits per heavy atom. The maximum Gasteiger partial charge on any atom is 0.252 e. The predicted molar refractivity (Wildman–Crippen MR) is 48.4 cm³/mol. The van der Waals surface area contributed by atoms with Crippen LogP contribution in [-0.2, 0) is 6.42 Å². The molecule has 0 aliphatic carbocycles. The molecule has 0 aromatic carbocycles. The normalized spacial score (nSPS) is 9.83. The zero-order chi connectivity index (χ0) is 8.97. The van der Waals surface area contributed by atoms with Gasteiger partial charge >= 0.3 is 0 Å². The van der Waals surface area contributed by atoms with Crippen LogP contribution in [-0.4, -0.2) is 16.5 Å². The molecule has 0 unspecified atom stereocenters. The Bertz CT molecular complexity index is 305. The van der Waals surface area contributed by atoms with Gasteiger partial charge in [-0.3, -0.25) is 4.79 Å². The molecule has 1 heterocycles. The largest absolute Gasteiger partial charge is 0.370 e. The average Bonchev–Trinajstić information content (AvgIpc) is 2.04. The monoisotopic (exact) mass is 167 g/mol. The molecule has 12 heavy (non-hydrogen) atoms.